The topological polar surface area (TPSA) is 56.5 Å². The van der Waals surface area contributed by atoms with E-state index in [1.165, 1.54) is 32.1 Å². The number of aromatic nitrogens is 1. The summed E-state index contributed by atoms with van der Waals surface area (Å²) in [5.74, 6) is 3.15. The molecule has 0 radical (unpaired) electrons. The average molecular weight is 453 g/mol. The van der Waals surface area contributed by atoms with Crippen LogP contribution < -0.4 is 14.8 Å². The van der Waals surface area contributed by atoms with Crippen LogP contribution in [0.4, 0.5) is 0 Å². The maximum Gasteiger partial charge on any atom is 0.227 e. The Labute approximate surface area is 198 Å². The molecule has 0 bridgehead atoms. The van der Waals surface area contributed by atoms with E-state index in [4.69, 9.17) is 13.9 Å². The Bertz CT molecular complexity index is 936. The Kier molecular flexibility index (Phi) is 10.6. The molecule has 0 amide bonds. The smallest absolute Gasteiger partial charge is 0.227 e. The highest BCUT2D eigenvalue weighted by Gasteiger charge is 2.10. The summed E-state index contributed by atoms with van der Waals surface area (Å²) in [5.41, 5.74) is 2.51. The van der Waals surface area contributed by atoms with Gasteiger partial charge in [-0.2, -0.15) is 0 Å². The highest BCUT2D eigenvalue weighted by Crippen LogP contribution is 2.28. The molecule has 1 aromatic heterocycles. The van der Waals surface area contributed by atoms with Crippen molar-refractivity contribution in [3.63, 3.8) is 0 Å². The van der Waals surface area contributed by atoms with E-state index in [2.05, 4.69) is 31.1 Å². The zero-order chi connectivity index (χ0) is 23.3. The fraction of sp³-hybridized carbons (Fsp3) is 0.536. The van der Waals surface area contributed by atoms with Crippen LogP contribution in [0.15, 0.2) is 46.9 Å². The molecular formula is C28H40N2O3. The van der Waals surface area contributed by atoms with Crippen LogP contribution in [0.1, 0.15) is 65.7 Å². The third kappa shape index (κ3) is 8.08. The molecule has 0 saturated carbocycles. The van der Waals surface area contributed by atoms with E-state index in [1.807, 2.05) is 42.5 Å². The summed E-state index contributed by atoms with van der Waals surface area (Å²) in [5, 5.41) is 3.30. The second kappa shape index (κ2) is 13.9. The molecule has 1 N–H and O–H groups in total. The van der Waals surface area contributed by atoms with Crippen LogP contribution in [0.3, 0.4) is 0 Å². The van der Waals surface area contributed by atoms with Gasteiger partial charge in [0.15, 0.2) is 5.58 Å². The number of unbranched alkanes of at least 4 members (excludes halogenated alkanes) is 1. The zero-order valence-electron chi connectivity index (χ0n) is 20.6. The second-order valence-corrected chi connectivity index (χ2v) is 8.64. The molecule has 1 atom stereocenters. The Balaban J connectivity index is 1.49. The molecule has 0 saturated heterocycles. The molecule has 5 nitrogen and oxygen atoms in total. The number of nitrogens with one attached hydrogen (secondary N) is 1. The number of hydrogen-bond acceptors (Lipinski definition) is 5. The first-order valence-electron chi connectivity index (χ1n) is 12.7. The molecule has 0 aliphatic heterocycles. The van der Waals surface area contributed by atoms with Gasteiger partial charge in [0.2, 0.25) is 5.89 Å². The first kappa shape index (κ1) is 25.1. The normalized spacial score (nSPS) is 12.2. The van der Waals surface area contributed by atoms with Gasteiger partial charge in [-0.05, 0) is 74.7 Å². The van der Waals surface area contributed by atoms with E-state index in [1.54, 1.807) is 0 Å². The number of nitrogens with zero attached hydrogens (tertiary/aromatic N) is 1. The zero-order valence-corrected chi connectivity index (χ0v) is 20.6. The van der Waals surface area contributed by atoms with Crippen molar-refractivity contribution < 1.29 is 13.9 Å². The van der Waals surface area contributed by atoms with E-state index in [9.17, 15) is 0 Å². The lowest BCUT2D eigenvalue weighted by atomic mass is 9.94. The Morgan fingerprint density at radius 1 is 0.879 bits per heavy atom. The van der Waals surface area contributed by atoms with Gasteiger partial charge in [0.1, 0.15) is 17.0 Å². The quantitative estimate of drug-likeness (QED) is 0.232. The molecule has 0 spiro atoms. The average Bonchev–Trinajstić information content (AvgIpc) is 3.27. The van der Waals surface area contributed by atoms with Crippen LogP contribution in [-0.4, -0.2) is 31.3 Å². The predicted molar refractivity (Wildman–Crippen MR) is 136 cm³/mol. The van der Waals surface area contributed by atoms with Crippen molar-refractivity contribution in [2.24, 2.45) is 5.92 Å². The van der Waals surface area contributed by atoms with Crippen LogP contribution in [0.5, 0.6) is 11.5 Å². The van der Waals surface area contributed by atoms with Gasteiger partial charge >= 0.3 is 0 Å². The third-order valence-corrected chi connectivity index (χ3v) is 6.05. The number of hydrogen-bond donors (Lipinski definition) is 1. The minimum Gasteiger partial charge on any atom is -0.494 e. The molecule has 1 unspecified atom stereocenters. The summed E-state index contributed by atoms with van der Waals surface area (Å²) in [6.45, 7) is 10.1. The molecule has 180 valence electrons. The van der Waals surface area contributed by atoms with Gasteiger partial charge in [0.05, 0.1) is 13.2 Å². The van der Waals surface area contributed by atoms with Crippen molar-refractivity contribution in [3.8, 4) is 23.0 Å². The molecule has 0 aliphatic carbocycles. The first-order valence-corrected chi connectivity index (χ1v) is 12.7. The standard InChI is InChI=1S/C28H40N2O3/c1-4-7-10-22(5-2)11-8-19-31-24-14-12-23(13-15-24)28-30-26-17-16-25(21-27(26)33-28)32-20-9-18-29-6-3/h12-17,21-22,29H,4-11,18-20H2,1-3H3. The van der Waals surface area contributed by atoms with Gasteiger partial charge in [0.25, 0.3) is 0 Å². The van der Waals surface area contributed by atoms with Crippen molar-refractivity contribution in [3.05, 3.63) is 42.5 Å². The van der Waals surface area contributed by atoms with E-state index in [0.717, 1.165) is 66.6 Å². The Hall–Kier alpha value is -2.53. The van der Waals surface area contributed by atoms with Crippen LogP contribution in [-0.2, 0) is 0 Å². The lowest BCUT2D eigenvalue weighted by Crippen LogP contribution is -2.16. The Morgan fingerprint density at radius 2 is 1.61 bits per heavy atom. The van der Waals surface area contributed by atoms with E-state index >= 15 is 0 Å². The van der Waals surface area contributed by atoms with Crippen LogP contribution in [0.2, 0.25) is 0 Å². The largest absolute Gasteiger partial charge is 0.494 e. The molecular weight excluding hydrogens is 412 g/mol. The fourth-order valence-electron chi connectivity index (χ4n) is 3.98. The van der Waals surface area contributed by atoms with Crippen molar-refractivity contribution >= 4 is 11.1 Å². The molecule has 0 aliphatic rings. The number of benzene rings is 2. The van der Waals surface area contributed by atoms with Crippen LogP contribution in [0.25, 0.3) is 22.6 Å². The summed E-state index contributed by atoms with van der Waals surface area (Å²) < 4.78 is 17.8. The van der Waals surface area contributed by atoms with Gasteiger partial charge in [-0.3, -0.25) is 0 Å². The molecule has 3 aromatic rings. The molecule has 3 rings (SSSR count). The number of fused-ring (bicyclic) bond motifs is 1. The van der Waals surface area contributed by atoms with Crippen LogP contribution in [0, 0.1) is 5.92 Å². The summed E-state index contributed by atoms with van der Waals surface area (Å²) >= 11 is 0. The maximum atomic E-state index is 6.00. The van der Waals surface area contributed by atoms with E-state index < -0.39 is 0 Å². The van der Waals surface area contributed by atoms with Gasteiger partial charge < -0.3 is 19.2 Å². The number of oxazole rings is 1. The van der Waals surface area contributed by atoms with Crippen molar-refractivity contribution in [2.45, 2.75) is 65.7 Å². The lowest BCUT2D eigenvalue weighted by molar-refractivity contribution is 0.285. The van der Waals surface area contributed by atoms with E-state index in [-0.39, 0.29) is 0 Å². The van der Waals surface area contributed by atoms with Crippen molar-refractivity contribution in [1.29, 1.82) is 0 Å². The second-order valence-electron chi connectivity index (χ2n) is 8.64. The fourth-order valence-corrected chi connectivity index (χ4v) is 3.98. The molecule has 0 fully saturated rings. The number of rotatable bonds is 16. The monoisotopic (exact) mass is 452 g/mol. The van der Waals surface area contributed by atoms with Gasteiger partial charge in [-0.1, -0.05) is 46.5 Å². The molecule has 2 aromatic carbocycles. The maximum absolute atomic E-state index is 6.00. The number of ether oxygens (including phenoxy) is 2. The van der Waals surface area contributed by atoms with Gasteiger partial charge in [-0.25, -0.2) is 4.98 Å². The minimum absolute atomic E-state index is 0.613. The third-order valence-electron chi connectivity index (χ3n) is 6.05. The van der Waals surface area contributed by atoms with E-state index in [0.29, 0.717) is 12.5 Å². The van der Waals surface area contributed by atoms with Gasteiger partial charge in [-0.15, -0.1) is 0 Å². The predicted octanol–water partition coefficient (Wildman–Crippen LogP) is 7.25. The highest BCUT2D eigenvalue weighted by molar-refractivity contribution is 5.77. The first-order chi connectivity index (χ1) is 16.2. The molecule has 33 heavy (non-hydrogen) atoms. The molecule has 5 heteroatoms. The van der Waals surface area contributed by atoms with Crippen molar-refractivity contribution in [1.82, 2.24) is 10.3 Å². The SMILES string of the molecule is CCCCC(CC)CCCOc1ccc(-c2nc3ccc(OCCCNCC)cc3o2)cc1. The van der Waals surface area contributed by atoms with Crippen molar-refractivity contribution in [2.75, 3.05) is 26.3 Å². The summed E-state index contributed by atoms with van der Waals surface area (Å²) in [4.78, 5) is 4.63. The summed E-state index contributed by atoms with van der Waals surface area (Å²) in [6.07, 6.45) is 8.56. The molecule has 1 heterocycles. The summed E-state index contributed by atoms with van der Waals surface area (Å²) in [6, 6.07) is 13.8. The highest BCUT2D eigenvalue weighted by atomic mass is 16.5. The minimum atomic E-state index is 0.613. The van der Waals surface area contributed by atoms with Gasteiger partial charge in [0, 0.05) is 11.6 Å². The summed E-state index contributed by atoms with van der Waals surface area (Å²) in [7, 11) is 0. The lowest BCUT2D eigenvalue weighted by Gasteiger charge is -2.14. The Morgan fingerprint density at radius 3 is 2.36 bits per heavy atom. The van der Waals surface area contributed by atoms with Crippen LogP contribution >= 0.6 is 0 Å².